The molecule has 0 radical (unpaired) electrons. The Labute approximate surface area is 90.8 Å². The van der Waals surface area contributed by atoms with E-state index >= 15 is 0 Å². The summed E-state index contributed by atoms with van der Waals surface area (Å²) in [5.41, 5.74) is 1.11. The van der Waals surface area contributed by atoms with Crippen molar-refractivity contribution in [1.29, 1.82) is 0 Å². The lowest BCUT2D eigenvalue weighted by molar-refractivity contribution is 0.164. The SMILES string of the molecule is CCC(O)CNC(C)c1ccc(O)cc1. The van der Waals surface area contributed by atoms with Gasteiger partial charge in [0.2, 0.25) is 0 Å². The number of phenols is 1. The molecule has 3 nitrogen and oxygen atoms in total. The molecule has 0 bridgehead atoms. The van der Waals surface area contributed by atoms with Crippen molar-refractivity contribution < 1.29 is 10.2 Å². The standard InChI is InChI=1S/C12H19NO2/c1-3-11(14)8-13-9(2)10-4-6-12(15)7-5-10/h4-7,9,11,13-15H,3,8H2,1-2H3. The maximum atomic E-state index is 9.40. The normalized spacial score (nSPS) is 14.9. The molecule has 0 saturated carbocycles. The molecule has 84 valence electrons. The lowest BCUT2D eigenvalue weighted by Gasteiger charge is -2.16. The zero-order valence-corrected chi connectivity index (χ0v) is 9.27. The molecule has 0 aromatic heterocycles. The van der Waals surface area contributed by atoms with Gasteiger partial charge in [0.1, 0.15) is 5.75 Å². The van der Waals surface area contributed by atoms with Gasteiger partial charge in [0, 0.05) is 12.6 Å². The minimum Gasteiger partial charge on any atom is -0.508 e. The van der Waals surface area contributed by atoms with E-state index in [1.807, 2.05) is 26.0 Å². The van der Waals surface area contributed by atoms with Crippen LogP contribution in [0.3, 0.4) is 0 Å². The average Bonchev–Trinajstić information content (AvgIpc) is 2.26. The average molecular weight is 209 g/mol. The summed E-state index contributed by atoms with van der Waals surface area (Å²) >= 11 is 0. The second-order valence-electron chi connectivity index (χ2n) is 3.78. The van der Waals surface area contributed by atoms with E-state index in [4.69, 9.17) is 5.11 Å². The van der Waals surface area contributed by atoms with Crippen LogP contribution >= 0.6 is 0 Å². The first-order valence-corrected chi connectivity index (χ1v) is 5.34. The number of benzene rings is 1. The molecule has 2 atom stereocenters. The Morgan fingerprint density at radius 3 is 2.40 bits per heavy atom. The van der Waals surface area contributed by atoms with Gasteiger partial charge in [-0.3, -0.25) is 0 Å². The van der Waals surface area contributed by atoms with Crippen molar-refractivity contribution in [1.82, 2.24) is 5.32 Å². The molecular weight excluding hydrogens is 190 g/mol. The molecule has 3 heteroatoms. The first-order chi connectivity index (χ1) is 7.13. The van der Waals surface area contributed by atoms with Gasteiger partial charge in [0.15, 0.2) is 0 Å². The fraction of sp³-hybridized carbons (Fsp3) is 0.500. The number of aromatic hydroxyl groups is 1. The van der Waals surface area contributed by atoms with Crippen molar-refractivity contribution in [3.63, 3.8) is 0 Å². The Kier molecular flexibility index (Phi) is 4.59. The first kappa shape index (κ1) is 12.0. The van der Waals surface area contributed by atoms with Crippen LogP contribution in [-0.4, -0.2) is 22.9 Å². The summed E-state index contributed by atoms with van der Waals surface area (Å²) in [6, 6.07) is 7.29. The summed E-state index contributed by atoms with van der Waals surface area (Å²) in [4.78, 5) is 0. The summed E-state index contributed by atoms with van der Waals surface area (Å²) in [7, 11) is 0. The fourth-order valence-corrected chi connectivity index (χ4v) is 1.34. The van der Waals surface area contributed by atoms with Gasteiger partial charge in [0.25, 0.3) is 0 Å². The zero-order chi connectivity index (χ0) is 11.3. The highest BCUT2D eigenvalue weighted by Crippen LogP contribution is 2.16. The van der Waals surface area contributed by atoms with Crippen LogP contribution in [0.2, 0.25) is 0 Å². The molecule has 0 heterocycles. The van der Waals surface area contributed by atoms with E-state index in [2.05, 4.69) is 5.32 Å². The minimum atomic E-state index is -0.287. The molecule has 1 aromatic rings. The number of phenolic OH excluding ortho intramolecular Hbond substituents is 1. The predicted molar refractivity (Wildman–Crippen MR) is 60.8 cm³/mol. The molecule has 0 aliphatic heterocycles. The van der Waals surface area contributed by atoms with Crippen molar-refractivity contribution in [3.8, 4) is 5.75 Å². The van der Waals surface area contributed by atoms with Crippen LogP contribution in [0.15, 0.2) is 24.3 Å². The summed E-state index contributed by atoms with van der Waals surface area (Å²) in [5.74, 6) is 0.277. The Hall–Kier alpha value is -1.06. The highest BCUT2D eigenvalue weighted by atomic mass is 16.3. The quantitative estimate of drug-likeness (QED) is 0.693. The van der Waals surface area contributed by atoms with Crippen molar-refractivity contribution >= 4 is 0 Å². The molecule has 15 heavy (non-hydrogen) atoms. The van der Waals surface area contributed by atoms with Crippen LogP contribution in [0, 0.1) is 0 Å². The van der Waals surface area contributed by atoms with Crippen molar-refractivity contribution in [2.75, 3.05) is 6.54 Å². The van der Waals surface area contributed by atoms with E-state index < -0.39 is 0 Å². The molecule has 0 aliphatic rings. The number of hydrogen-bond donors (Lipinski definition) is 3. The number of hydrogen-bond acceptors (Lipinski definition) is 3. The van der Waals surface area contributed by atoms with Crippen LogP contribution in [0.5, 0.6) is 5.75 Å². The lowest BCUT2D eigenvalue weighted by Crippen LogP contribution is -2.28. The molecular formula is C12H19NO2. The van der Waals surface area contributed by atoms with Crippen molar-refractivity contribution in [2.24, 2.45) is 0 Å². The van der Waals surface area contributed by atoms with Gasteiger partial charge in [0.05, 0.1) is 6.10 Å². The Morgan fingerprint density at radius 1 is 1.27 bits per heavy atom. The maximum absolute atomic E-state index is 9.40. The Balaban J connectivity index is 2.46. The van der Waals surface area contributed by atoms with Gasteiger partial charge in [-0.05, 0) is 31.0 Å². The van der Waals surface area contributed by atoms with Crippen molar-refractivity contribution in [2.45, 2.75) is 32.4 Å². The summed E-state index contributed by atoms with van der Waals surface area (Å²) in [6.45, 7) is 4.59. The molecule has 2 unspecified atom stereocenters. The number of nitrogens with one attached hydrogen (secondary N) is 1. The Bertz CT molecular complexity index is 284. The van der Waals surface area contributed by atoms with Crippen LogP contribution < -0.4 is 5.32 Å². The van der Waals surface area contributed by atoms with E-state index in [9.17, 15) is 5.11 Å². The van der Waals surface area contributed by atoms with E-state index in [1.54, 1.807) is 12.1 Å². The van der Waals surface area contributed by atoms with E-state index in [-0.39, 0.29) is 17.9 Å². The predicted octanol–water partition coefficient (Wildman–Crippen LogP) is 1.81. The highest BCUT2D eigenvalue weighted by molar-refractivity contribution is 5.27. The second kappa shape index (κ2) is 5.73. The second-order valence-corrected chi connectivity index (χ2v) is 3.78. The molecule has 1 rings (SSSR count). The van der Waals surface area contributed by atoms with Gasteiger partial charge in [-0.25, -0.2) is 0 Å². The minimum absolute atomic E-state index is 0.187. The smallest absolute Gasteiger partial charge is 0.115 e. The van der Waals surface area contributed by atoms with Crippen LogP contribution in [0.1, 0.15) is 31.9 Å². The summed E-state index contributed by atoms with van der Waals surface area (Å²) in [6.07, 6.45) is 0.472. The number of aliphatic hydroxyl groups excluding tert-OH is 1. The van der Waals surface area contributed by atoms with E-state index in [0.717, 1.165) is 12.0 Å². The van der Waals surface area contributed by atoms with E-state index in [1.165, 1.54) is 0 Å². The molecule has 0 saturated heterocycles. The third kappa shape index (κ3) is 3.90. The third-order valence-electron chi connectivity index (χ3n) is 2.52. The number of aliphatic hydroxyl groups is 1. The molecule has 1 aromatic carbocycles. The third-order valence-corrected chi connectivity index (χ3v) is 2.52. The van der Waals surface area contributed by atoms with Gasteiger partial charge >= 0.3 is 0 Å². The first-order valence-electron chi connectivity index (χ1n) is 5.34. The highest BCUT2D eigenvalue weighted by Gasteiger charge is 2.06. The van der Waals surface area contributed by atoms with Crippen LogP contribution in [0.4, 0.5) is 0 Å². The molecule has 0 aliphatic carbocycles. The van der Waals surface area contributed by atoms with Gasteiger partial charge in [-0.2, -0.15) is 0 Å². The molecule has 0 amide bonds. The summed E-state index contributed by atoms with van der Waals surface area (Å²) < 4.78 is 0. The van der Waals surface area contributed by atoms with E-state index in [0.29, 0.717) is 6.54 Å². The maximum Gasteiger partial charge on any atom is 0.115 e. The van der Waals surface area contributed by atoms with Gasteiger partial charge < -0.3 is 15.5 Å². The van der Waals surface area contributed by atoms with Crippen LogP contribution in [0.25, 0.3) is 0 Å². The lowest BCUT2D eigenvalue weighted by atomic mass is 10.1. The Morgan fingerprint density at radius 2 is 1.87 bits per heavy atom. The zero-order valence-electron chi connectivity index (χ0n) is 9.27. The summed E-state index contributed by atoms with van der Waals surface area (Å²) in [5, 5.41) is 21.8. The number of rotatable bonds is 5. The molecule has 3 N–H and O–H groups in total. The van der Waals surface area contributed by atoms with Gasteiger partial charge in [-0.1, -0.05) is 19.1 Å². The topological polar surface area (TPSA) is 52.5 Å². The van der Waals surface area contributed by atoms with Gasteiger partial charge in [-0.15, -0.1) is 0 Å². The molecule has 0 fully saturated rings. The fourth-order valence-electron chi connectivity index (χ4n) is 1.34. The largest absolute Gasteiger partial charge is 0.508 e. The molecule has 0 spiro atoms. The van der Waals surface area contributed by atoms with Crippen LogP contribution in [-0.2, 0) is 0 Å². The monoisotopic (exact) mass is 209 g/mol. The van der Waals surface area contributed by atoms with Crippen molar-refractivity contribution in [3.05, 3.63) is 29.8 Å².